The van der Waals surface area contributed by atoms with Crippen LogP contribution in [0.1, 0.15) is 22.9 Å². The van der Waals surface area contributed by atoms with Crippen molar-refractivity contribution in [2.24, 2.45) is 5.73 Å². The summed E-state index contributed by atoms with van der Waals surface area (Å²) in [6.45, 7) is 0. The highest BCUT2D eigenvalue weighted by Gasteiger charge is 2.12. The van der Waals surface area contributed by atoms with E-state index < -0.39 is 0 Å². The van der Waals surface area contributed by atoms with Crippen LogP contribution in [0.15, 0.2) is 48.1 Å². The molecule has 0 aliphatic rings. The first kappa shape index (κ1) is 15.2. The fraction of sp³-hybridized carbons (Fsp3) is 0.118. The van der Waals surface area contributed by atoms with Gasteiger partial charge < -0.3 is 11.1 Å². The Balaban J connectivity index is 1.66. The summed E-state index contributed by atoms with van der Waals surface area (Å²) >= 11 is 1.47. The van der Waals surface area contributed by atoms with Gasteiger partial charge in [-0.2, -0.15) is 0 Å². The summed E-state index contributed by atoms with van der Waals surface area (Å²) in [5.41, 5.74) is 8.91. The number of terminal acetylenes is 1. The average molecular weight is 321 g/mol. The van der Waals surface area contributed by atoms with Gasteiger partial charge in [0, 0.05) is 17.8 Å². The van der Waals surface area contributed by atoms with Crippen molar-refractivity contribution in [1.82, 2.24) is 15.0 Å². The zero-order chi connectivity index (χ0) is 16.1. The van der Waals surface area contributed by atoms with E-state index >= 15 is 0 Å². The molecule has 0 aliphatic heterocycles. The summed E-state index contributed by atoms with van der Waals surface area (Å²) in [4.78, 5) is 12.8. The van der Waals surface area contributed by atoms with E-state index in [1.165, 1.54) is 16.9 Å². The molecule has 5 nitrogen and oxygen atoms in total. The molecule has 0 saturated heterocycles. The lowest BCUT2D eigenvalue weighted by Crippen LogP contribution is -2.13. The molecule has 0 saturated carbocycles. The Labute approximate surface area is 138 Å². The van der Waals surface area contributed by atoms with Crippen molar-refractivity contribution >= 4 is 22.4 Å². The van der Waals surface area contributed by atoms with E-state index in [0.717, 1.165) is 12.1 Å². The van der Waals surface area contributed by atoms with Crippen molar-refractivity contribution < 1.29 is 0 Å². The molecule has 1 atom stereocenters. The van der Waals surface area contributed by atoms with Gasteiger partial charge >= 0.3 is 0 Å². The minimum atomic E-state index is -0.145. The highest BCUT2D eigenvalue weighted by atomic mass is 32.1. The molecule has 3 N–H and O–H groups in total. The molecule has 114 valence electrons. The zero-order valence-corrected chi connectivity index (χ0v) is 13.1. The lowest BCUT2D eigenvalue weighted by Gasteiger charge is -2.08. The molecular weight excluding hydrogens is 306 g/mol. The predicted molar refractivity (Wildman–Crippen MR) is 92.4 cm³/mol. The minimum absolute atomic E-state index is 0.145. The Kier molecular flexibility index (Phi) is 4.62. The molecule has 3 aromatic rings. The van der Waals surface area contributed by atoms with Crippen molar-refractivity contribution in [2.45, 2.75) is 12.5 Å². The standard InChI is InChI=1S/C17H15N5S/c1-2-12-9-19-16(20-10-12)22-17-21-15(11-23-17)14(18)8-13-6-4-3-5-7-13/h1,3-7,9-11,14H,8,18H2,(H,19,20,21,22)/t14-/m1/s1. The highest BCUT2D eigenvalue weighted by molar-refractivity contribution is 7.13. The maximum Gasteiger partial charge on any atom is 0.229 e. The lowest BCUT2D eigenvalue weighted by molar-refractivity contribution is 0.702. The molecule has 2 aromatic heterocycles. The molecule has 0 fully saturated rings. The van der Waals surface area contributed by atoms with E-state index in [9.17, 15) is 0 Å². The van der Waals surface area contributed by atoms with Crippen LogP contribution in [0.3, 0.4) is 0 Å². The largest absolute Gasteiger partial charge is 0.322 e. The molecule has 1 aromatic carbocycles. The second-order valence-electron chi connectivity index (χ2n) is 4.94. The molecule has 0 bridgehead atoms. The van der Waals surface area contributed by atoms with Gasteiger partial charge in [-0.25, -0.2) is 15.0 Å². The van der Waals surface area contributed by atoms with E-state index in [2.05, 4.69) is 38.3 Å². The molecule has 2 heterocycles. The Morgan fingerprint density at radius 1 is 1.22 bits per heavy atom. The topological polar surface area (TPSA) is 76.7 Å². The number of anilines is 2. The van der Waals surface area contributed by atoms with Crippen molar-refractivity contribution in [3.05, 3.63) is 64.9 Å². The first-order valence-corrected chi connectivity index (χ1v) is 7.93. The van der Waals surface area contributed by atoms with E-state index in [-0.39, 0.29) is 6.04 Å². The van der Waals surface area contributed by atoms with E-state index in [0.29, 0.717) is 16.6 Å². The number of thiazole rings is 1. The lowest BCUT2D eigenvalue weighted by atomic mass is 10.1. The van der Waals surface area contributed by atoms with Gasteiger partial charge in [0.15, 0.2) is 5.13 Å². The van der Waals surface area contributed by atoms with E-state index in [4.69, 9.17) is 12.2 Å². The Morgan fingerprint density at radius 2 is 1.96 bits per heavy atom. The van der Waals surface area contributed by atoms with Gasteiger partial charge in [0.25, 0.3) is 0 Å². The summed E-state index contributed by atoms with van der Waals surface area (Å²) in [6, 6.07) is 9.98. The highest BCUT2D eigenvalue weighted by Crippen LogP contribution is 2.23. The van der Waals surface area contributed by atoms with Gasteiger partial charge in [-0.1, -0.05) is 36.3 Å². The SMILES string of the molecule is C#Cc1cnc(Nc2nc([C@H](N)Cc3ccccc3)cs2)nc1. The van der Waals surface area contributed by atoms with Gasteiger partial charge in [0.1, 0.15) is 0 Å². The van der Waals surface area contributed by atoms with Gasteiger partial charge in [-0.3, -0.25) is 0 Å². The number of hydrogen-bond donors (Lipinski definition) is 2. The molecule has 3 rings (SSSR count). The third kappa shape index (κ3) is 3.92. The molecule has 0 unspecified atom stereocenters. The summed E-state index contributed by atoms with van der Waals surface area (Å²) in [5, 5.41) is 5.71. The normalized spacial score (nSPS) is 11.7. The maximum absolute atomic E-state index is 6.23. The number of hydrogen-bond acceptors (Lipinski definition) is 6. The van der Waals surface area contributed by atoms with E-state index in [1.807, 2.05) is 23.6 Å². The number of aromatic nitrogens is 3. The van der Waals surface area contributed by atoms with E-state index in [1.54, 1.807) is 12.4 Å². The molecule has 6 heteroatoms. The summed E-state index contributed by atoms with van der Waals surface area (Å²) in [5.74, 6) is 2.94. The van der Waals surface area contributed by atoms with Crippen LogP contribution < -0.4 is 11.1 Å². The molecular formula is C17H15N5S. The Morgan fingerprint density at radius 3 is 2.65 bits per heavy atom. The molecule has 0 spiro atoms. The first-order chi connectivity index (χ1) is 11.2. The van der Waals surface area contributed by atoms with Crippen LogP contribution in [0.2, 0.25) is 0 Å². The summed E-state index contributed by atoms with van der Waals surface area (Å²) in [7, 11) is 0. The first-order valence-electron chi connectivity index (χ1n) is 7.05. The summed E-state index contributed by atoms with van der Waals surface area (Å²) < 4.78 is 0. The fourth-order valence-corrected chi connectivity index (χ4v) is 2.82. The van der Waals surface area contributed by atoms with Gasteiger partial charge in [0.2, 0.25) is 5.95 Å². The van der Waals surface area contributed by atoms with Crippen LogP contribution in [0.25, 0.3) is 0 Å². The van der Waals surface area contributed by atoms with Crippen LogP contribution in [-0.4, -0.2) is 15.0 Å². The number of nitrogens with two attached hydrogens (primary N) is 1. The van der Waals surface area contributed by atoms with Gasteiger partial charge in [0.05, 0.1) is 17.3 Å². The molecule has 0 radical (unpaired) electrons. The fourth-order valence-electron chi connectivity index (χ4n) is 2.05. The summed E-state index contributed by atoms with van der Waals surface area (Å²) in [6.07, 6.45) is 9.20. The smallest absolute Gasteiger partial charge is 0.229 e. The van der Waals surface area contributed by atoms with Crippen molar-refractivity contribution in [3.8, 4) is 12.3 Å². The Hall–Kier alpha value is -2.75. The number of nitrogens with zero attached hydrogens (tertiary/aromatic N) is 3. The minimum Gasteiger partial charge on any atom is -0.322 e. The average Bonchev–Trinajstić information content (AvgIpc) is 3.05. The third-order valence-electron chi connectivity index (χ3n) is 3.24. The van der Waals surface area contributed by atoms with Crippen molar-refractivity contribution in [1.29, 1.82) is 0 Å². The number of rotatable bonds is 5. The Bertz CT molecular complexity index is 805. The number of nitrogens with one attached hydrogen (secondary N) is 1. The second-order valence-corrected chi connectivity index (χ2v) is 5.80. The van der Waals surface area contributed by atoms with Crippen LogP contribution in [0, 0.1) is 12.3 Å². The number of benzene rings is 1. The van der Waals surface area contributed by atoms with Gasteiger partial charge in [-0.15, -0.1) is 17.8 Å². The van der Waals surface area contributed by atoms with Crippen LogP contribution in [-0.2, 0) is 6.42 Å². The molecule has 0 amide bonds. The van der Waals surface area contributed by atoms with Gasteiger partial charge in [-0.05, 0) is 12.0 Å². The van der Waals surface area contributed by atoms with Crippen LogP contribution in [0.5, 0.6) is 0 Å². The van der Waals surface area contributed by atoms with Crippen LogP contribution in [0.4, 0.5) is 11.1 Å². The van der Waals surface area contributed by atoms with Crippen molar-refractivity contribution in [3.63, 3.8) is 0 Å². The monoisotopic (exact) mass is 321 g/mol. The maximum atomic E-state index is 6.23. The van der Waals surface area contributed by atoms with Crippen LogP contribution >= 0.6 is 11.3 Å². The molecule has 0 aliphatic carbocycles. The predicted octanol–water partition coefficient (Wildman–Crippen LogP) is 2.90. The quantitative estimate of drug-likeness (QED) is 0.707. The second kappa shape index (κ2) is 7.01. The zero-order valence-electron chi connectivity index (χ0n) is 12.3. The van der Waals surface area contributed by atoms with Crippen molar-refractivity contribution in [2.75, 3.05) is 5.32 Å². The molecule has 23 heavy (non-hydrogen) atoms. The third-order valence-corrected chi connectivity index (χ3v) is 4.01.